The van der Waals surface area contributed by atoms with Crippen LogP contribution in [0.2, 0.25) is 0 Å². The van der Waals surface area contributed by atoms with E-state index in [-0.39, 0.29) is 5.41 Å². The molecule has 4 heteroatoms. The lowest BCUT2D eigenvalue weighted by atomic mass is 9.64. The van der Waals surface area contributed by atoms with Gasteiger partial charge in [0.1, 0.15) is 0 Å². The number of hydrogen-bond donors (Lipinski definition) is 2. The predicted molar refractivity (Wildman–Crippen MR) is 72.8 cm³/mol. The van der Waals surface area contributed by atoms with Crippen LogP contribution in [0.25, 0.3) is 0 Å². The van der Waals surface area contributed by atoms with Crippen molar-refractivity contribution in [3.63, 3.8) is 0 Å². The van der Waals surface area contributed by atoms with Gasteiger partial charge in [-0.05, 0) is 26.3 Å². The van der Waals surface area contributed by atoms with E-state index in [0.29, 0.717) is 18.2 Å². The summed E-state index contributed by atoms with van der Waals surface area (Å²) in [6, 6.07) is 1.12. The Bertz CT molecular complexity index is 252. The van der Waals surface area contributed by atoms with Crippen LogP contribution in [-0.2, 0) is 9.47 Å². The minimum absolute atomic E-state index is 0.270. The summed E-state index contributed by atoms with van der Waals surface area (Å²) in [4.78, 5) is 0. The van der Waals surface area contributed by atoms with Gasteiger partial charge in [0.15, 0.2) is 0 Å². The van der Waals surface area contributed by atoms with E-state index in [9.17, 15) is 0 Å². The highest BCUT2D eigenvalue weighted by Crippen LogP contribution is 2.42. The second-order valence-electron chi connectivity index (χ2n) is 6.02. The molecule has 0 radical (unpaired) electrons. The van der Waals surface area contributed by atoms with Crippen LogP contribution in [0.5, 0.6) is 0 Å². The Hall–Kier alpha value is -0.160. The first-order valence-corrected chi connectivity index (χ1v) is 7.30. The largest absolute Gasteiger partial charge is 0.379 e. The van der Waals surface area contributed by atoms with Gasteiger partial charge >= 0.3 is 0 Å². The van der Waals surface area contributed by atoms with Crippen molar-refractivity contribution in [3.05, 3.63) is 0 Å². The van der Waals surface area contributed by atoms with Gasteiger partial charge in [-0.15, -0.1) is 0 Å². The normalized spacial score (nSPS) is 35.2. The van der Waals surface area contributed by atoms with Crippen LogP contribution in [0, 0.1) is 5.41 Å². The minimum Gasteiger partial charge on any atom is -0.379 e. The zero-order chi connectivity index (χ0) is 13.0. The lowest BCUT2D eigenvalue weighted by Gasteiger charge is -2.52. The van der Waals surface area contributed by atoms with Crippen molar-refractivity contribution in [2.24, 2.45) is 5.41 Å². The van der Waals surface area contributed by atoms with Crippen molar-refractivity contribution >= 4 is 0 Å². The summed E-state index contributed by atoms with van der Waals surface area (Å²) in [6.07, 6.45) is 2.72. The van der Waals surface area contributed by atoms with Crippen LogP contribution in [0.4, 0.5) is 0 Å². The zero-order valence-electron chi connectivity index (χ0n) is 12.0. The molecule has 0 bridgehead atoms. The van der Waals surface area contributed by atoms with Crippen LogP contribution in [0.3, 0.4) is 0 Å². The molecule has 0 spiro atoms. The fraction of sp³-hybridized carbons (Fsp3) is 1.00. The van der Waals surface area contributed by atoms with Crippen molar-refractivity contribution < 1.29 is 9.47 Å². The van der Waals surface area contributed by atoms with E-state index in [2.05, 4.69) is 31.4 Å². The molecule has 1 heterocycles. The predicted octanol–water partition coefficient (Wildman–Crippen LogP) is 1.16. The highest BCUT2D eigenvalue weighted by atomic mass is 16.5. The third kappa shape index (κ3) is 3.23. The Morgan fingerprint density at radius 1 is 1.44 bits per heavy atom. The van der Waals surface area contributed by atoms with E-state index in [1.165, 1.54) is 0 Å². The van der Waals surface area contributed by atoms with E-state index in [4.69, 9.17) is 9.47 Å². The molecule has 1 aliphatic heterocycles. The molecule has 0 aromatic heterocycles. The lowest BCUT2D eigenvalue weighted by molar-refractivity contribution is -0.114. The van der Waals surface area contributed by atoms with Gasteiger partial charge in [-0.3, -0.25) is 0 Å². The highest BCUT2D eigenvalue weighted by molar-refractivity contribution is 5.02. The Morgan fingerprint density at radius 2 is 2.28 bits per heavy atom. The number of rotatable bonds is 6. The average Bonchev–Trinajstić information content (AvgIpc) is 2.38. The summed E-state index contributed by atoms with van der Waals surface area (Å²) in [5, 5.41) is 7.16. The lowest BCUT2D eigenvalue weighted by Crippen LogP contribution is -2.61. The quantitative estimate of drug-likeness (QED) is 0.748. The molecule has 4 nitrogen and oxygen atoms in total. The summed E-state index contributed by atoms with van der Waals surface area (Å²) in [5.41, 5.74) is 0.270. The Kier molecular flexibility index (Phi) is 5.01. The van der Waals surface area contributed by atoms with Crippen molar-refractivity contribution in [1.82, 2.24) is 10.6 Å². The SMILES string of the molecule is CCOC1CC(NCCC2COCCN2)C1(C)C. The molecule has 2 fully saturated rings. The molecule has 0 amide bonds. The third-order valence-electron chi connectivity index (χ3n) is 4.43. The second-order valence-corrected chi connectivity index (χ2v) is 6.02. The molecule has 0 aromatic rings. The maximum absolute atomic E-state index is 5.75. The van der Waals surface area contributed by atoms with Gasteiger partial charge in [-0.1, -0.05) is 13.8 Å². The van der Waals surface area contributed by atoms with E-state index in [1.54, 1.807) is 0 Å². The fourth-order valence-corrected chi connectivity index (χ4v) is 2.95. The first-order valence-electron chi connectivity index (χ1n) is 7.30. The number of ether oxygens (including phenoxy) is 2. The molecule has 1 aliphatic carbocycles. The van der Waals surface area contributed by atoms with Gasteiger partial charge in [-0.2, -0.15) is 0 Å². The van der Waals surface area contributed by atoms with Gasteiger partial charge < -0.3 is 20.1 Å². The highest BCUT2D eigenvalue weighted by Gasteiger charge is 2.48. The van der Waals surface area contributed by atoms with E-state index < -0.39 is 0 Å². The minimum atomic E-state index is 0.270. The van der Waals surface area contributed by atoms with E-state index in [1.807, 2.05) is 0 Å². The van der Waals surface area contributed by atoms with Gasteiger partial charge in [0.25, 0.3) is 0 Å². The molecular weight excluding hydrogens is 228 g/mol. The summed E-state index contributed by atoms with van der Waals surface area (Å²) in [5.74, 6) is 0. The summed E-state index contributed by atoms with van der Waals surface area (Å²) < 4.78 is 11.2. The van der Waals surface area contributed by atoms with Crippen LogP contribution >= 0.6 is 0 Å². The number of hydrogen-bond acceptors (Lipinski definition) is 4. The van der Waals surface area contributed by atoms with Gasteiger partial charge in [0.05, 0.1) is 19.3 Å². The van der Waals surface area contributed by atoms with Crippen LogP contribution in [0.1, 0.15) is 33.6 Å². The molecular formula is C14H28N2O2. The molecule has 2 rings (SSSR count). The third-order valence-corrected chi connectivity index (χ3v) is 4.43. The Morgan fingerprint density at radius 3 is 2.89 bits per heavy atom. The van der Waals surface area contributed by atoms with Crippen LogP contribution < -0.4 is 10.6 Å². The maximum atomic E-state index is 5.75. The summed E-state index contributed by atoms with van der Waals surface area (Å²) in [6.45, 7) is 11.3. The molecule has 106 valence electrons. The topological polar surface area (TPSA) is 42.5 Å². The molecule has 0 aromatic carbocycles. The number of morpholine rings is 1. The first-order chi connectivity index (χ1) is 8.64. The average molecular weight is 256 g/mol. The Balaban J connectivity index is 1.62. The van der Waals surface area contributed by atoms with Crippen molar-refractivity contribution in [2.45, 2.75) is 51.8 Å². The van der Waals surface area contributed by atoms with Crippen LogP contribution in [0.15, 0.2) is 0 Å². The molecule has 18 heavy (non-hydrogen) atoms. The zero-order valence-corrected chi connectivity index (χ0v) is 12.0. The van der Waals surface area contributed by atoms with Crippen molar-refractivity contribution in [2.75, 3.05) is 32.9 Å². The van der Waals surface area contributed by atoms with Gasteiger partial charge in [-0.25, -0.2) is 0 Å². The summed E-state index contributed by atoms with van der Waals surface area (Å²) >= 11 is 0. The van der Waals surface area contributed by atoms with Crippen molar-refractivity contribution in [1.29, 1.82) is 0 Å². The molecule has 1 saturated heterocycles. The van der Waals surface area contributed by atoms with Gasteiger partial charge in [0.2, 0.25) is 0 Å². The van der Waals surface area contributed by atoms with Crippen LogP contribution in [-0.4, -0.2) is 51.1 Å². The molecule has 2 N–H and O–H groups in total. The smallest absolute Gasteiger partial charge is 0.0655 e. The molecule has 1 saturated carbocycles. The van der Waals surface area contributed by atoms with Crippen molar-refractivity contribution in [3.8, 4) is 0 Å². The Labute approximate surface area is 111 Å². The second kappa shape index (κ2) is 6.33. The maximum Gasteiger partial charge on any atom is 0.0655 e. The standard InChI is InChI=1S/C14H28N2O2/c1-4-18-13-9-12(14(13,2)3)16-6-5-11-10-17-8-7-15-11/h11-13,15-16H,4-10H2,1-3H3. The molecule has 3 atom stereocenters. The van der Waals surface area contributed by atoms with E-state index in [0.717, 1.165) is 45.8 Å². The first kappa shape index (κ1) is 14.3. The monoisotopic (exact) mass is 256 g/mol. The molecule has 2 aliphatic rings. The fourth-order valence-electron chi connectivity index (χ4n) is 2.95. The van der Waals surface area contributed by atoms with E-state index >= 15 is 0 Å². The summed E-state index contributed by atoms with van der Waals surface area (Å²) in [7, 11) is 0. The molecule has 3 unspecified atom stereocenters. The van der Waals surface area contributed by atoms with Gasteiger partial charge in [0, 0.05) is 30.7 Å². The number of nitrogens with one attached hydrogen (secondary N) is 2.